The molecule has 63 valence electrons. The van der Waals surface area contributed by atoms with Gasteiger partial charge in [0.25, 0.3) is 0 Å². The molecule has 0 unspecified atom stereocenters. The first-order valence-electron chi connectivity index (χ1n) is 4.06. The van der Waals surface area contributed by atoms with Crippen molar-refractivity contribution in [2.45, 2.75) is 0 Å². The zero-order chi connectivity index (χ0) is 9.10. The summed E-state index contributed by atoms with van der Waals surface area (Å²) < 4.78 is 0. The third kappa shape index (κ3) is 1.72. The van der Waals surface area contributed by atoms with Gasteiger partial charge in [-0.15, -0.1) is 0 Å². The maximum absolute atomic E-state index is 4.29. The van der Waals surface area contributed by atoms with Crippen LogP contribution in [0.1, 0.15) is 5.69 Å². The summed E-state index contributed by atoms with van der Waals surface area (Å²) in [7, 11) is 0. The minimum atomic E-state index is 0.779. The molecule has 2 aromatic rings. The van der Waals surface area contributed by atoms with Crippen molar-refractivity contribution in [3.05, 3.63) is 55.3 Å². The zero-order valence-electron chi connectivity index (χ0n) is 7.14. The Kier molecular flexibility index (Phi) is 2.04. The summed E-state index contributed by atoms with van der Waals surface area (Å²) >= 11 is 0. The van der Waals surface area contributed by atoms with E-state index in [4.69, 9.17) is 0 Å². The standard InChI is InChI=1S/C11H9N2/c1-9-4-2-6-11(13-9)10-5-3-7-12-8-10/h2-8H,1H2. The third-order valence-corrected chi connectivity index (χ3v) is 1.76. The van der Waals surface area contributed by atoms with Crippen LogP contribution in [0, 0.1) is 6.92 Å². The van der Waals surface area contributed by atoms with Crippen LogP contribution >= 0.6 is 0 Å². The molecule has 0 aliphatic rings. The maximum atomic E-state index is 4.29. The van der Waals surface area contributed by atoms with Crippen molar-refractivity contribution in [3.63, 3.8) is 0 Å². The van der Waals surface area contributed by atoms with Crippen molar-refractivity contribution in [1.82, 2.24) is 9.97 Å². The van der Waals surface area contributed by atoms with E-state index in [2.05, 4.69) is 16.9 Å². The lowest BCUT2D eigenvalue weighted by atomic mass is 10.2. The van der Waals surface area contributed by atoms with Crippen molar-refractivity contribution >= 4 is 0 Å². The van der Waals surface area contributed by atoms with Gasteiger partial charge in [-0.2, -0.15) is 0 Å². The fraction of sp³-hybridized carbons (Fsp3) is 0. The highest BCUT2D eigenvalue weighted by molar-refractivity contribution is 5.57. The van der Waals surface area contributed by atoms with Gasteiger partial charge in [-0.1, -0.05) is 6.07 Å². The summed E-state index contributed by atoms with van der Waals surface area (Å²) in [5, 5.41) is 0. The van der Waals surface area contributed by atoms with Crippen molar-refractivity contribution in [2.75, 3.05) is 0 Å². The second-order valence-corrected chi connectivity index (χ2v) is 2.76. The summed E-state index contributed by atoms with van der Waals surface area (Å²) in [5.74, 6) is 0. The van der Waals surface area contributed by atoms with Gasteiger partial charge in [0.15, 0.2) is 0 Å². The molecule has 0 aliphatic carbocycles. The second kappa shape index (κ2) is 3.35. The van der Waals surface area contributed by atoms with Gasteiger partial charge in [0.2, 0.25) is 0 Å². The van der Waals surface area contributed by atoms with Crippen LogP contribution in [0.25, 0.3) is 11.3 Å². The SMILES string of the molecule is [CH2]c1cccc(-c2cccnc2)n1. The molecule has 0 saturated heterocycles. The van der Waals surface area contributed by atoms with Gasteiger partial charge in [0.05, 0.1) is 5.69 Å². The summed E-state index contributed by atoms with van der Waals surface area (Å²) in [4.78, 5) is 8.32. The molecule has 0 aromatic carbocycles. The largest absolute Gasteiger partial charge is 0.264 e. The number of aromatic nitrogens is 2. The van der Waals surface area contributed by atoms with Gasteiger partial charge >= 0.3 is 0 Å². The summed E-state index contributed by atoms with van der Waals surface area (Å²) in [6, 6.07) is 9.64. The van der Waals surface area contributed by atoms with Crippen LogP contribution in [-0.2, 0) is 0 Å². The number of hydrogen-bond donors (Lipinski definition) is 0. The Morgan fingerprint density at radius 1 is 1.08 bits per heavy atom. The first kappa shape index (κ1) is 7.92. The van der Waals surface area contributed by atoms with E-state index in [9.17, 15) is 0 Å². The van der Waals surface area contributed by atoms with Crippen LogP contribution in [0.2, 0.25) is 0 Å². The monoisotopic (exact) mass is 169 g/mol. The van der Waals surface area contributed by atoms with E-state index in [0.29, 0.717) is 0 Å². The Hall–Kier alpha value is -1.70. The molecule has 2 heterocycles. The van der Waals surface area contributed by atoms with Crippen molar-refractivity contribution < 1.29 is 0 Å². The van der Waals surface area contributed by atoms with E-state index in [1.54, 1.807) is 12.4 Å². The average Bonchev–Trinajstić information content (AvgIpc) is 2.19. The van der Waals surface area contributed by atoms with Crippen LogP contribution in [0.15, 0.2) is 42.7 Å². The summed E-state index contributed by atoms with van der Waals surface area (Å²) in [6.07, 6.45) is 3.54. The highest BCUT2D eigenvalue weighted by atomic mass is 14.7. The van der Waals surface area contributed by atoms with Crippen LogP contribution in [-0.4, -0.2) is 9.97 Å². The summed E-state index contributed by atoms with van der Waals surface area (Å²) in [6.45, 7) is 3.78. The molecule has 0 atom stereocenters. The minimum Gasteiger partial charge on any atom is -0.264 e. The molecule has 0 aliphatic heterocycles. The Morgan fingerprint density at radius 2 is 2.00 bits per heavy atom. The number of pyridine rings is 2. The van der Waals surface area contributed by atoms with E-state index in [-0.39, 0.29) is 0 Å². The molecule has 13 heavy (non-hydrogen) atoms. The Balaban J connectivity index is 2.48. The normalized spacial score (nSPS) is 9.92. The molecule has 0 bridgehead atoms. The van der Waals surface area contributed by atoms with Crippen molar-refractivity contribution in [3.8, 4) is 11.3 Å². The van der Waals surface area contributed by atoms with E-state index in [1.807, 2.05) is 30.3 Å². The Labute approximate surface area is 77.3 Å². The smallest absolute Gasteiger partial charge is 0.0720 e. The molecular weight excluding hydrogens is 160 g/mol. The Morgan fingerprint density at radius 3 is 2.69 bits per heavy atom. The predicted molar refractivity (Wildman–Crippen MR) is 51.9 cm³/mol. The molecule has 2 aromatic heterocycles. The summed E-state index contributed by atoms with van der Waals surface area (Å²) in [5.41, 5.74) is 2.72. The first-order valence-corrected chi connectivity index (χ1v) is 4.06. The Bertz CT molecular complexity index is 396. The van der Waals surface area contributed by atoms with Gasteiger partial charge in [-0.3, -0.25) is 9.97 Å². The predicted octanol–water partition coefficient (Wildman–Crippen LogP) is 2.33. The van der Waals surface area contributed by atoms with Crippen LogP contribution in [0.4, 0.5) is 0 Å². The number of hydrogen-bond acceptors (Lipinski definition) is 2. The van der Waals surface area contributed by atoms with Crippen LogP contribution < -0.4 is 0 Å². The highest BCUT2D eigenvalue weighted by Gasteiger charge is 1.97. The van der Waals surface area contributed by atoms with E-state index >= 15 is 0 Å². The fourth-order valence-corrected chi connectivity index (χ4v) is 1.15. The molecule has 0 spiro atoms. The zero-order valence-corrected chi connectivity index (χ0v) is 7.14. The average molecular weight is 169 g/mol. The third-order valence-electron chi connectivity index (χ3n) is 1.76. The fourth-order valence-electron chi connectivity index (χ4n) is 1.15. The topological polar surface area (TPSA) is 25.8 Å². The van der Waals surface area contributed by atoms with Gasteiger partial charge in [-0.05, 0) is 31.2 Å². The second-order valence-electron chi connectivity index (χ2n) is 2.76. The molecule has 0 N–H and O–H groups in total. The molecule has 0 saturated carbocycles. The van der Waals surface area contributed by atoms with Crippen LogP contribution in [0.3, 0.4) is 0 Å². The maximum Gasteiger partial charge on any atom is 0.0720 e. The van der Waals surface area contributed by atoms with E-state index in [1.165, 1.54) is 0 Å². The van der Waals surface area contributed by atoms with Gasteiger partial charge in [-0.25, -0.2) is 0 Å². The molecular formula is C11H9N2. The molecule has 0 amide bonds. The quantitative estimate of drug-likeness (QED) is 0.654. The van der Waals surface area contributed by atoms with E-state index in [0.717, 1.165) is 17.0 Å². The van der Waals surface area contributed by atoms with Gasteiger partial charge in [0.1, 0.15) is 0 Å². The van der Waals surface area contributed by atoms with Gasteiger partial charge < -0.3 is 0 Å². The molecule has 2 nitrogen and oxygen atoms in total. The lowest BCUT2D eigenvalue weighted by Crippen LogP contribution is -1.85. The highest BCUT2D eigenvalue weighted by Crippen LogP contribution is 2.14. The molecule has 2 rings (SSSR count). The number of rotatable bonds is 1. The van der Waals surface area contributed by atoms with Gasteiger partial charge in [0, 0.05) is 23.7 Å². The van der Waals surface area contributed by atoms with E-state index < -0.39 is 0 Å². The van der Waals surface area contributed by atoms with Crippen LogP contribution in [0.5, 0.6) is 0 Å². The minimum absolute atomic E-state index is 0.779. The molecule has 1 radical (unpaired) electrons. The number of nitrogens with zero attached hydrogens (tertiary/aromatic N) is 2. The first-order chi connectivity index (χ1) is 6.36. The lowest BCUT2D eigenvalue weighted by molar-refractivity contribution is 1.25. The molecule has 2 heteroatoms. The lowest BCUT2D eigenvalue weighted by Gasteiger charge is -1.99. The molecule has 0 fully saturated rings. The van der Waals surface area contributed by atoms with Crippen molar-refractivity contribution in [2.24, 2.45) is 0 Å². The van der Waals surface area contributed by atoms with Crippen molar-refractivity contribution in [1.29, 1.82) is 0 Å².